The van der Waals surface area contributed by atoms with Gasteiger partial charge in [-0.05, 0) is 30.9 Å². The number of aromatic nitrogens is 1. The first-order valence-electron chi connectivity index (χ1n) is 8.03. The first-order chi connectivity index (χ1) is 12.3. The fraction of sp³-hybridized carbons (Fsp3) is 0.500. The number of hydrogen-bond acceptors (Lipinski definition) is 5. The highest BCUT2D eigenvalue weighted by atomic mass is 19.4. The summed E-state index contributed by atoms with van der Waals surface area (Å²) < 4.78 is 36.0. The van der Waals surface area contributed by atoms with Gasteiger partial charge in [-0.25, -0.2) is 4.98 Å². The van der Waals surface area contributed by atoms with Crippen LogP contribution in [0, 0.1) is 17.2 Å². The SMILES string of the molecule is N#Cc1cccnc1N1CCC(CNC(=O)C(=O)NCC(F)(F)F)CC1. The van der Waals surface area contributed by atoms with Crippen LogP contribution >= 0.6 is 0 Å². The van der Waals surface area contributed by atoms with Crippen molar-refractivity contribution in [1.82, 2.24) is 15.6 Å². The Bertz CT molecular complexity index is 694. The van der Waals surface area contributed by atoms with E-state index in [1.807, 2.05) is 4.90 Å². The first-order valence-corrected chi connectivity index (χ1v) is 8.03. The molecule has 2 rings (SSSR count). The topological polar surface area (TPSA) is 98.1 Å². The molecule has 140 valence electrons. The van der Waals surface area contributed by atoms with Crippen molar-refractivity contribution in [2.24, 2.45) is 5.92 Å². The molecule has 0 spiro atoms. The third kappa shape index (κ3) is 5.61. The lowest BCUT2D eigenvalue weighted by Gasteiger charge is -2.33. The molecule has 1 aliphatic rings. The highest BCUT2D eigenvalue weighted by Crippen LogP contribution is 2.23. The number of amides is 2. The number of piperidine rings is 1. The molecular formula is C16H18F3N5O2. The van der Waals surface area contributed by atoms with E-state index in [2.05, 4.69) is 16.4 Å². The van der Waals surface area contributed by atoms with Crippen molar-refractivity contribution in [2.75, 3.05) is 31.1 Å². The molecule has 1 aromatic rings. The Morgan fingerprint density at radius 3 is 2.54 bits per heavy atom. The summed E-state index contributed by atoms with van der Waals surface area (Å²) in [6.07, 6.45) is -1.55. The number of nitrogens with one attached hydrogen (secondary N) is 2. The van der Waals surface area contributed by atoms with Gasteiger partial charge in [0.1, 0.15) is 18.4 Å². The third-order valence-electron chi connectivity index (χ3n) is 4.03. The standard InChI is InChI=1S/C16H18F3N5O2/c17-16(18,19)10-23-15(26)14(25)22-9-11-3-6-24(7-4-11)13-12(8-20)2-1-5-21-13/h1-2,5,11H,3-4,6-7,9-10H2,(H,22,25)(H,23,26). The van der Waals surface area contributed by atoms with Crippen LogP contribution in [0.5, 0.6) is 0 Å². The second-order valence-electron chi connectivity index (χ2n) is 5.92. The van der Waals surface area contributed by atoms with Gasteiger partial charge < -0.3 is 15.5 Å². The molecule has 2 heterocycles. The zero-order chi connectivity index (χ0) is 19.2. The predicted molar refractivity (Wildman–Crippen MR) is 86.0 cm³/mol. The first kappa shape index (κ1) is 19.5. The second kappa shape index (κ2) is 8.51. The maximum atomic E-state index is 12.0. The molecule has 1 saturated heterocycles. The van der Waals surface area contributed by atoms with Crippen LogP contribution < -0.4 is 15.5 Å². The van der Waals surface area contributed by atoms with E-state index in [0.717, 1.165) is 0 Å². The highest BCUT2D eigenvalue weighted by Gasteiger charge is 2.29. The van der Waals surface area contributed by atoms with Crippen LogP contribution in [0.3, 0.4) is 0 Å². The van der Waals surface area contributed by atoms with E-state index in [9.17, 15) is 22.8 Å². The largest absolute Gasteiger partial charge is 0.405 e. The molecule has 0 aromatic carbocycles. The average molecular weight is 369 g/mol. The van der Waals surface area contributed by atoms with E-state index >= 15 is 0 Å². The van der Waals surface area contributed by atoms with Crippen molar-refractivity contribution in [3.8, 4) is 6.07 Å². The molecule has 2 N–H and O–H groups in total. The molecule has 10 heteroatoms. The summed E-state index contributed by atoms with van der Waals surface area (Å²) in [7, 11) is 0. The Hall–Kier alpha value is -2.83. The summed E-state index contributed by atoms with van der Waals surface area (Å²) in [4.78, 5) is 29.0. The molecule has 0 radical (unpaired) electrons. The van der Waals surface area contributed by atoms with Gasteiger partial charge in [-0.3, -0.25) is 9.59 Å². The minimum Gasteiger partial charge on any atom is -0.356 e. The number of alkyl halides is 3. The van der Waals surface area contributed by atoms with Crippen molar-refractivity contribution < 1.29 is 22.8 Å². The summed E-state index contributed by atoms with van der Waals surface area (Å²) in [6, 6.07) is 5.47. The van der Waals surface area contributed by atoms with Crippen LogP contribution in [0.15, 0.2) is 18.3 Å². The van der Waals surface area contributed by atoms with Gasteiger partial charge in [-0.1, -0.05) is 0 Å². The van der Waals surface area contributed by atoms with E-state index < -0.39 is 24.5 Å². The van der Waals surface area contributed by atoms with Crippen LogP contribution in [0.2, 0.25) is 0 Å². The molecular weight excluding hydrogens is 351 g/mol. The highest BCUT2D eigenvalue weighted by molar-refractivity contribution is 6.35. The zero-order valence-electron chi connectivity index (χ0n) is 13.8. The van der Waals surface area contributed by atoms with Crippen molar-refractivity contribution in [2.45, 2.75) is 19.0 Å². The van der Waals surface area contributed by atoms with Crippen molar-refractivity contribution in [3.63, 3.8) is 0 Å². The summed E-state index contributed by atoms with van der Waals surface area (Å²) in [6.45, 7) is -0.0681. The summed E-state index contributed by atoms with van der Waals surface area (Å²) >= 11 is 0. The Labute approximate surface area is 148 Å². The number of hydrogen-bond donors (Lipinski definition) is 2. The maximum absolute atomic E-state index is 12.0. The second-order valence-corrected chi connectivity index (χ2v) is 5.92. The molecule has 1 aromatic heterocycles. The fourth-order valence-corrected chi connectivity index (χ4v) is 2.66. The smallest absolute Gasteiger partial charge is 0.356 e. The number of anilines is 1. The Morgan fingerprint density at radius 2 is 1.92 bits per heavy atom. The molecule has 1 aliphatic heterocycles. The summed E-state index contributed by atoms with van der Waals surface area (Å²) in [5.74, 6) is -1.66. The Morgan fingerprint density at radius 1 is 1.27 bits per heavy atom. The van der Waals surface area contributed by atoms with Crippen molar-refractivity contribution >= 4 is 17.6 Å². The zero-order valence-corrected chi connectivity index (χ0v) is 13.8. The number of rotatable bonds is 4. The molecule has 26 heavy (non-hydrogen) atoms. The van der Waals surface area contributed by atoms with Crippen molar-refractivity contribution in [3.05, 3.63) is 23.9 Å². The Balaban J connectivity index is 1.76. The molecule has 0 unspecified atom stereocenters. The summed E-state index contributed by atoms with van der Waals surface area (Å²) in [5.41, 5.74) is 0.487. The van der Waals surface area contributed by atoms with Crippen LogP contribution in [0.4, 0.5) is 19.0 Å². The monoisotopic (exact) mass is 369 g/mol. The van der Waals surface area contributed by atoms with E-state index in [0.29, 0.717) is 37.3 Å². The predicted octanol–water partition coefficient (Wildman–Crippen LogP) is 0.964. The van der Waals surface area contributed by atoms with Crippen LogP contribution in [-0.2, 0) is 9.59 Å². The molecule has 7 nitrogen and oxygen atoms in total. The number of carbonyl (C=O) groups excluding carboxylic acids is 2. The van der Waals surface area contributed by atoms with Crippen LogP contribution in [-0.4, -0.2) is 49.2 Å². The van der Waals surface area contributed by atoms with E-state index in [4.69, 9.17) is 5.26 Å². The molecule has 2 amide bonds. The van der Waals surface area contributed by atoms with Gasteiger partial charge in [0.25, 0.3) is 0 Å². The number of nitrogens with zero attached hydrogens (tertiary/aromatic N) is 3. The van der Waals surface area contributed by atoms with Gasteiger partial charge in [0.2, 0.25) is 0 Å². The minimum absolute atomic E-state index is 0.0971. The number of nitriles is 1. The minimum atomic E-state index is -4.56. The number of carbonyl (C=O) groups is 2. The maximum Gasteiger partial charge on any atom is 0.405 e. The lowest BCUT2D eigenvalue weighted by molar-refractivity contribution is -0.146. The molecule has 0 aliphatic carbocycles. The third-order valence-corrected chi connectivity index (χ3v) is 4.03. The van der Waals surface area contributed by atoms with E-state index in [-0.39, 0.29) is 12.5 Å². The average Bonchev–Trinajstić information content (AvgIpc) is 2.64. The van der Waals surface area contributed by atoms with Crippen LogP contribution in [0.25, 0.3) is 0 Å². The van der Waals surface area contributed by atoms with Gasteiger partial charge in [0, 0.05) is 25.8 Å². The van der Waals surface area contributed by atoms with Crippen molar-refractivity contribution in [1.29, 1.82) is 5.26 Å². The quantitative estimate of drug-likeness (QED) is 0.771. The molecule has 0 bridgehead atoms. The van der Waals surface area contributed by atoms with Gasteiger partial charge >= 0.3 is 18.0 Å². The van der Waals surface area contributed by atoms with E-state index in [1.165, 1.54) is 5.32 Å². The number of pyridine rings is 1. The molecule has 1 fully saturated rings. The lowest BCUT2D eigenvalue weighted by atomic mass is 9.96. The molecule has 0 atom stereocenters. The van der Waals surface area contributed by atoms with Gasteiger partial charge in [-0.15, -0.1) is 0 Å². The fourth-order valence-electron chi connectivity index (χ4n) is 2.66. The number of halogens is 3. The van der Waals surface area contributed by atoms with Gasteiger partial charge in [0.05, 0.1) is 5.56 Å². The summed E-state index contributed by atoms with van der Waals surface area (Å²) in [5, 5.41) is 13.0. The van der Waals surface area contributed by atoms with E-state index in [1.54, 1.807) is 18.3 Å². The van der Waals surface area contributed by atoms with Gasteiger partial charge in [-0.2, -0.15) is 18.4 Å². The lowest BCUT2D eigenvalue weighted by Crippen LogP contribution is -2.46. The van der Waals surface area contributed by atoms with Crippen LogP contribution in [0.1, 0.15) is 18.4 Å². The van der Waals surface area contributed by atoms with Gasteiger partial charge in [0.15, 0.2) is 0 Å². The normalized spacial score (nSPS) is 15.2. The molecule has 0 saturated carbocycles. The Kier molecular flexibility index (Phi) is 6.38.